The third kappa shape index (κ3) is 4.87. The highest BCUT2D eigenvalue weighted by Gasteiger charge is 2.48. The summed E-state index contributed by atoms with van der Waals surface area (Å²) in [6.07, 6.45) is -1.89. The zero-order valence-corrected chi connectivity index (χ0v) is 15.0. The van der Waals surface area contributed by atoms with Gasteiger partial charge in [-0.15, -0.1) is 0 Å². The predicted octanol–water partition coefficient (Wildman–Crippen LogP) is 1.96. The Bertz CT molecular complexity index is 697. The number of aliphatic hydroxyl groups excluding tert-OH is 1. The summed E-state index contributed by atoms with van der Waals surface area (Å²) in [5.41, 5.74) is 8.86. The predicted molar refractivity (Wildman–Crippen MR) is 94.0 cm³/mol. The first-order valence-corrected chi connectivity index (χ1v) is 8.26. The molecule has 0 aliphatic carbocycles. The van der Waals surface area contributed by atoms with Crippen molar-refractivity contribution in [1.29, 1.82) is 0 Å². The highest BCUT2D eigenvalue weighted by Crippen LogP contribution is 2.25. The first-order chi connectivity index (χ1) is 12.2. The molecule has 1 fully saturated rings. The molecule has 2 rings (SSSR count). The average Bonchev–Trinajstić information content (AvgIpc) is 2.89. The fourth-order valence-corrected chi connectivity index (χ4v) is 2.71. The Morgan fingerprint density at radius 3 is 2.62 bits per heavy atom. The van der Waals surface area contributed by atoms with Crippen LogP contribution in [-0.4, -0.2) is 52.3 Å². The normalized spacial score (nSPS) is 22.5. The van der Waals surface area contributed by atoms with Crippen LogP contribution in [-0.2, 0) is 16.1 Å². The number of hydrogen-bond acceptors (Lipinski definition) is 5. The first kappa shape index (κ1) is 19.6. The molecule has 1 aromatic rings. The number of azide groups is 1. The number of nitrogens with zero attached hydrogens (tertiary/aromatic N) is 4. The molecule has 9 nitrogen and oxygen atoms in total. The van der Waals surface area contributed by atoms with Crippen LogP contribution in [0.15, 0.2) is 35.4 Å². The van der Waals surface area contributed by atoms with Crippen LogP contribution in [0, 0.1) is 0 Å². The van der Waals surface area contributed by atoms with E-state index >= 15 is 0 Å². The van der Waals surface area contributed by atoms with Crippen LogP contribution < -0.4 is 5.32 Å². The van der Waals surface area contributed by atoms with Gasteiger partial charge < -0.3 is 15.2 Å². The van der Waals surface area contributed by atoms with Gasteiger partial charge in [-0.2, -0.15) is 0 Å². The van der Waals surface area contributed by atoms with E-state index in [1.807, 2.05) is 30.3 Å². The van der Waals surface area contributed by atoms with Crippen molar-refractivity contribution in [2.45, 2.75) is 51.1 Å². The molecule has 3 unspecified atom stereocenters. The Balaban J connectivity index is 2.17. The van der Waals surface area contributed by atoms with Crippen molar-refractivity contribution < 1.29 is 19.4 Å². The van der Waals surface area contributed by atoms with Crippen LogP contribution in [0.5, 0.6) is 0 Å². The average molecular weight is 361 g/mol. The van der Waals surface area contributed by atoms with Gasteiger partial charge in [-0.25, -0.2) is 4.79 Å². The van der Waals surface area contributed by atoms with E-state index in [4.69, 9.17) is 10.3 Å². The molecule has 3 atom stereocenters. The Morgan fingerprint density at radius 2 is 2.04 bits per heavy atom. The van der Waals surface area contributed by atoms with Crippen molar-refractivity contribution in [2.24, 2.45) is 5.11 Å². The number of carbonyl (C=O) groups excluding carboxylic acids is 2. The number of likely N-dealkylation sites (tertiary alicyclic amines) is 1. The number of rotatable bonds is 4. The van der Waals surface area contributed by atoms with Crippen molar-refractivity contribution in [3.8, 4) is 0 Å². The van der Waals surface area contributed by atoms with E-state index in [0.717, 1.165) is 10.5 Å². The molecule has 1 aromatic carbocycles. The van der Waals surface area contributed by atoms with E-state index in [1.165, 1.54) is 0 Å². The summed E-state index contributed by atoms with van der Waals surface area (Å²) in [7, 11) is 0. The highest BCUT2D eigenvalue weighted by atomic mass is 16.6. The molecule has 1 heterocycles. The SMILES string of the molecule is CC(C)(C)OC(=O)N1CC(O)C(N=[N+]=[N-])C1C(=O)NCc1ccccc1. The standard InChI is InChI=1S/C17H23N5O4/c1-17(2,3)26-16(25)22-10-12(23)13(20-21-18)14(22)15(24)19-9-11-7-5-4-6-8-11/h4-8,12-14,23H,9-10H2,1-3H3,(H,19,24). The van der Waals surface area contributed by atoms with Crippen molar-refractivity contribution in [2.75, 3.05) is 6.54 Å². The minimum atomic E-state index is -1.15. The van der Waals surface area contributed by atoms with E-state index < -0.39 is 35.8 Å². The Kier molecular flexibility index (Phi) is 6.07. The minimum Gasteiger partial charge on any atom is -0.444 e. The number of carbonyl (C=O) groups is 2. The Morgan fingerprint density at radius 1 is 1.38 bits per heavy atom. The lowest BCUT2D eigenvalue weighted by Crippen LogP contribution is -2.50. The summed E-state index contributed by atoms with van der Waals surface area (Å²) in [5, 5.41) is 16.4. The summed E-state index contributed by atoms with van der Waals surface area (Å²) in [6, 6.07) is 7.02. The van der Waals surface area contributed by atoms with Crippen LogP contribution in [0.25, 0.3) is 10.4 Å². The smallest absolute Gasteiger partial charge is 0.411 e. The van der Waals surface area contributed by atoms with E-state index in [0.29, 0.717) is 0 Å². The monoisotopic (exact) mass is 361 g/mol. The molecule has 1 saturated heterocycles. The molecule has 9 heteroatoms. The zero-order valence-electron chi connectivity index (χ0n) is 15.0. The number of β-amino-alcohol motifs (C(OH)–C–C–N with tert-alkyl or cyclic N) is 1. The van der Waals surface area contributed by atoms with E-state index in [1.54, 1.807) is 20.8 Å². The second-order valence-corrected chi connectivity index (χ2v) is 7.04. The topological polar surface area (TPSA) is 128 Å². The summed E-state index contributed by atoms with van der Waals surface area (Å²) >= 11 is 0. The van der Waals surface area contributed by atoms with Crippen LogP contribution in [0.1, 0.15) is 26.3 Å². The van der Waals surface area contributed by atoms with Crippen molar-refractivity contribution in [1.82, 2.24) is 10.2 Å². The van der Waals surface area contributed by atoms with E-state index in [9.17, 15) is 14.7 Å². The van der Waals surface area contributed by atoms with E-state index in [2.05, 4.69) is 15.3 Å². The molecule has 0 aromatic heterocycles. The molecule has 2 amide bonds. The second kappa shape index (κ2) is 8.07. The lowest BCUT2D eigenvalue weighted by Gasteiger charge is -2.28. The maximum atomic E-state index is 12.7. The Hall–Kier alpha value is -2.77. The molecule has 1 aliphatic rings. The van der Waals surface area contributed by atoms with Crippen molar-refractivity contribution in [3.63, 3.8) is 0 Å². The van der Waals surface area contributed by atoms with E-state index in [-0.39, 0.29) is 13.1 Å². The van der Waals surface area contributed by atoms with Gasteiger partial charge in [0, 0.05) is 11.5 Å². The molecule has 0 bridgehead atoms. The number of benzene rings is 1. The molecule has 140 valence electrons. The van der Waals surface area contributed by atoms with Gasteiger partial charge in [-0.1, -0.05) is 35.4 Å². The first-order valence-electron chi connectivity index (χ1n) is 8.26. The lowest BCUT2D eigenvalue weighted by atomic mass is 10.1. The number of nitrogens with one attached hydrogen (secondary N) is 1. The summed E-state index contributed by atoms with van der Waals surface area (Å²) in [5.74, 6) is -0.520. The van der Waals surface area contributed by atoms with Gasteiger partial charge in [0.1, 0.15) is 11.6 Å². The molecular weight excluding hydrogens is 338 g/mol. The van der Waals surface area contributed by atoms with Crippen molar-refractivity contribution in [3.05, 3.63) is 46.3 Å². The van der Waals surface area contributed by atoms with Gasteiger partial charge >= 0.3 is 6.09 Å². The molecular formula is C17H23N5O4. The maximum Gasteiger partial charge on any atom is 0.411 e. The molecule has 1 aliphatic heterocycles. The van der Waals surface area contributed by atoms with Crippen LogP contribution in [0.4, 0.5) is 4.79 Å². The fourth-order valence-electron chi connectivity index (χ4n) is 2.71. The quantitative estimate of drug-likeness (QED) is 0.482. The van der Waals surface area contributed by atoms with Gasteiger partial charge in [0.2, 0.25) is 5.91 Å². The van der Waals surface area contributed by atoms with Crippen molar-refractivity contribution >= 4 is 12.0 Å². The number of ether oxygens (including phenoxy) is 1. The largest absolute Gasteiger partial charge is 0.444 e. The third-order valence-electron chi connectivity index (χ3n) is 3.83. The zero-order chi connectivity index (χ0) is 19.3. The highest BCUT2D eigenvalue weighted by molar-refractivity contribution is 5.87. The lowest BCUT2D eigenvalue weighted by molar-refractivity contribution is -0.126. The minimum absolute atomic E-state index is 0.151. The summed E-state index contributed by atoms with van der Waals surface area (Å²) in [4.78, 5) is 28.9. The molecule has 0 saturated carbocycles. The summed E-state index contributed by atoms with van der Waals surface area (Å²) in [6.45, 7) is 5.20. The van der Waals surface area contributed by atoms with Crippen LogP contribution in [0.2, 0.25) is 0 Å². The molecule has 0 spiro atoms. The molecule has 2 N–H and O–H groups in total. The van der Waals surface area contributed by atoms with Gasteiger partial charge in [-0.05, 0) is 31.9 Å². The van der Waals surface area contributed by atoms with Gasteiger partial charge in [0.15, 0.2) is 0 Å². The summed E-state index contributed by atoms with van der Waals surface area (Å²) < 4.78 is 5.30. The number of aliphatic hydroxyl groups is 1. The molecule has 26 heavy (non-hydrogen) atoms. The van der Waals surface area contributed by atoms with Gasteiger partial charge in [-0.3, -0.25) is 9.69 Å². The molecule has 0 radical (unpaired) electrons. The van der Waals surface area contributed by atoms with Gasteiger partial charge in [0.25, 0.3) is 0 Å². The van der Waals surface area contributed by atoms with Crippen LogP contribution in [0.3, 0.4) is 0 Å². The number of amides is 2. The van der Waals surface area contributed by atoms with Gasteiger partial charge in [0.05, 0.1) is 18.7 Å². The third-order valence-corrected chi connectivity index (χ3v) is 3.83. The fraction of sp³-hybridized carbons (Fsp3) is 0.529. The second-order valence-electron chi connectivity index (χ2n) is 7.04. The maximum absolute atomic E-state index is 12.7. The number of hydrogen-bond donors (Lipinski definition) is 2. The van der Waals surface area contributed by atoms with Crippen LogP contribution >= 0.6 is 0 Å². The Labute approximate surface area is 151 Å².